The van der Waals surface area contributed by atoms with Crippen molar-refractivity contribution in [2.45, 2.75) is 6.54 Å². The monoisotopic (exact) mass is 338 g/mol. The normalized spacial score (nSPS) is 10.0. The second-order valence-electron chi connectivity index (χ2n) is 4.89. The highest BCUT2D eigenvalue weighted by Crippen LogP contribution is 2.17. The molecule has 0 fully saturated rings. The number of carbonyl (C=O) groups excluding carboxylic acids is 1. The summed E-state index contributed by atoms with van der Waals surface area (Å²) in [6.07, 6.45) is 0. The molecule has 1 amide bonds. The number of aromatic nitrogens is 1. The lowest BCUT2D eigenvalue weighted by atomic mass is 10.2. The molecule has 1 heterocycles. The Morgan fingerprint density at radius 2 is 1.91 bits per heavy atom. The second kappa shape index (κ2) is 8.30. The summed E-state index contributed by atoms with van der Waals surface area (Å²) < 4.78 is 1.29. The molecule has 0 aliphatic rings. The zero-order valence-corrected chi connectivity index (χ0v) is 13.5. The van der Waals surface area contributed by atoms with E-state index in [1.54, 1.807) is 4.90 Å². The van der Waals surface area contributed by atoms with Crippen LogP contribution < -0.4 is 5.73 Å². The third kappa shape index (κ3) is 4.30. The Morgan fingerprint density at radius 1 is 1.26 bits per heavy atom. The Hall–Kier alpha value is -2.38. The van der Waals surface area contributed by atoms with E-state index in [4.69, 9.17) is 5.73 Å². The quantitative estimate of drug-likeness (QED) is 0.643. The van der Waals surface area contributed by atoms with Crippen molar-refractivity contribution in [2.24, 2.45) is 12.8 Å². The van der Waals surface area contributed by atoms with Gasteiger partial charge in [-0.25, -0.2) is 4.57 Å². The molecule has 7 nitrogen and oxygen atoms in total. The molecule has 2 rings (SSSR count). The van der Waals surface area contributed by atoms with E-state index >= 15 is 0 Å². The maximum atomic E-state index is 12.6. The molecule has 1 aromatic heterocycles. The molecule has 2 aromatic rings. The fourth-order valence-corrected chi connectivity index (χ4v) is 2.27. The molecule has 0 aliphatic carbocycles. The molecule has 0 atom stereocenters. The smallest absolute Gasteiger partial charge is 0.323 e. The van der Waals surface area contributed by atoms with Crippen LogP contribution in [0.15, 0.2) is 42.5 Å². The van der Waals surface area contributed by atoms with Gasteiger partial charge in [-0.1, -0.05) is 30.3 Å². The van der Waals surface area contributed by atoms with Crippen LogP contribution in [0.2, 0.25) is 0 Å². The van der Waals surface area contributed by atoms with Crippen LogP contribution in [-0.4, -0.2) is 33.4 Å². The van der Waals surface area contributed by atoms with Gasteiger partial charge >= 0.3 is 5.82 Å². The van der Waals surface area contributed by atoms with Gasteiger partial charge in [-0.05, 0) is 16.6 Å². The van der Waals surface area contributed by atoms with E-state index in [1.807, 2.05) is 30.3 Å². The Morgan fingerprint density at radius 3 is 2.43 bits per heavy atom. The van der Waals surface area contributed by atoms with Crippen LogP contribution in [0.25, 0.3) is 0 Å². The summed E-state index contributed by atoms with van der Waals surface area (Å²) >= 11 is 0. The van der Waals surface area contributed by atoms with Gasteiger partial charge in [0.1, 0.15) is 0 Å². The van der Waals surface area contributed by atoms with E-state index in [0.29, 0.717) is 19.6 Å². The lowest BCUT2D eigenvalue weighted by molar-refractivity contribution is -0.391. The Kier molecular flexibility index (Phi) is 6.74. The maximum absolute atomic E-state index is 12.6. The number of amides is 1. The highest BCUT2D eigenvalue weighted by atomic mass is 35.5. The van der Waals surface area contributed by atoms with E-state index in [0.717, 1.165) is 5.56 Å². The van der Waals surface area contributed by atoms with E-state index in [1.165, 1.54) is 23.7 Å². The zero-order valence-electron chi connectivity index (χ0n) is 12.7. The molecule has 23 heavy (non-hydrogen) atoms. The first-order valence-electron chi connectivity index (χ1n) is 6.88. The summed E-state index contributed by atoms with van der Waals surface area (Å²) in [4.78, 5) is 24.6. The zero-order chi connectivity index (χ0) is 16.1. The van der Waals surface area contributed by atoms with Crippen molar-refractivity contribution >= 4 is 24.1 Å². The van der Waals surface area contributed by atoms with Crippen LogP contribution in [0.3, 0.4) is 0 Å². The molecular weight excluding hydrogens is 320 g/mol. The average molecular weight is 339 g/mol. The van der Waals surface area contributed by atoms with Crippen LogP contribution in [0.4, 0.5) is 5.82 Å². The predicted octanol–water partition coefficient (Wildman–Crippen LogP) is 1.96. The minimum absolute atomic E-state index is 0. The molecule has 1 aromatic carbocycles. The summed E-state index contributed by atoms with van der Waals surface area (Å²) in [5.74, 6) is -0.388. The first-order chi connectivity index (χ1) is 10.5. The summed E-state index contributed by atoms with van der Waals surface area (Å²) in [6, 6.07) is 12.3. The van der Waals surface area contributed by atoms with Crippen molar-refractivity contribution in [2.75, 3.05) is 13.1 Å². The van der Waals surface area contributed by atoms with Gasteiger partial charge in [0.05, 0.1) is 7.05 Å². The SMILES string of the molecule is Cl.Cn1c(C(=O)N(CCN)Cc2ccccc2)ccc1[N+](=O)[O-]. The second-order valence-corrected chi connectivity index (χ2v) is 4.89. The first kappa shape index (κ1) is 18.7. The summed E-state index contributed by atoms with van der Waals surface area (Å²) in [5, 5.41) is 10.9. The van der Waals surface area contributed by atoms with Gasteiger partial charge in [-0.15, -0.1) is 12.4 Å². The molecule has 0 saturated carbocycles. The fraction of sp³-hybridized carbons (Fsp3) is 0.267. The lowest BCUT2D eigenvalue weighted by Crippen LogP contribution is -2.35. The minimum atomic E-state index is -0.513. The lowest BCUT2D eigenvalue weighted by Gasteiger charge is -2.21. The van der Waals surface area contributed by atoms with Crippen molar-refractivity contribution in [3.05, 3.63) is 63.8 Å². The number of carbonyl (C=O) groups is 1. The number of benzene rings is 1. The van der Waals surface area contributed by atoms with Gasteiger partial charge in [0.2, 0.25) is 0 Å². The third-order valence-electron chi connectivity index (χ3n) is 3.40. The van der Waals surface area contributed by atoms with Crippen LogP contribution in [0, 0.1) is 10.1 Å². The molecule has 2 N–H and O–H groups in total. The van der Waals surface area contributed by atoms with Gasteiger partial charge in [0.15, 0.2) is 5.69 Å². The van der Waals surface area contributed by atoms with Gasteiger partial charge in [-0.3, -0.25) is 4.79 Å². The number of hydrogen-bond donors (Lipinski definition) is 1. The molecule has 0 unspecified atom stereocenters. The predicted molar refractivity (Wildman–Crippen MR) is 89.6 cm³/mol. The van der Waals surface area contributed by atoms with Crippen LogP contribution in [-0.2, 0) is 13.6 Å². The number of nitrogens with two attached hydrogens (primary N) is 1. The van der Waals surface area contributed by atoms with Crippen molar-refractivity contribution in [1.82, 2.24) is 9.47 Å². The van der Waals surface area contributed by atoms with Crippen molar-refractivity contribution in [3.63, 3.8) is 0 Å². The number of halogens is 1. The molecule has 0 spiro atoms. The van der Waals surface area contributed by atoms with Crippen LogP contribution in [0.1, 0.15) is 16.1 Å². The summed E-state index contributed by atoms with van der Waals surface area (Å²) in [5.41, 5.74) is 6.84. The van der Waals surface area contributed by atoms with Gasteiger partial charge in [0.25, 0.3) is 5.91 Å². The highest BCUT2D eigenvalue weighted by Gasteiger charge is 2.24. The maximum Gasteiger partial charge on any atom is 0.323 e. The number of hydrogen-bond acceptors (Lipinski definition) is 4. The van der Waals surface area contributed by atoms with E-state index in [-0.39, 0.29) is 29.8 Å². The van der Waals surface area contributed by atoms with E-state index < -0.39 is 4.92 Å². The largest absolute Gasteiger partial charge is 0.358 e. The summed E-state index contributed by atoms with van der Waals surface area (Å²) in [7, 11) is 1.51. The van der Waals surface area contributed by atoms with Crippen molar-refractivity contribution in [3.8, 4) is 0 Å². The summed E-state index contributed by atoms with van der Waals surface area (Å²) in [6.45, 7) is 1.12. The Labute approximate surface area is 140 Å². The minimum Gasteiger partial charge on any atom is -0.358 e. The molecule has 0 bridgehead atoms. The Bertz CT molecular complexity index is 673. The van der Waals surface area contributed by atoms with E-state index in [2.05, 4.69) is 0 Å². The van der Waals surface area contributed by atoms with Crippen molar-refractivity contribution < 1.29 is 9.72 Å². The number of rotatable bonds is 6. The first-order valence-corrected chi connectivity index (χ1v) is 6.88. The molecule has 0 aliphatic heterocycles. The standard InChI is InChI=1S/C15H18N4O3.ClH/c1-17-13(7-8-14(17)19(21)22)15(20)18(10-9-16)11-12-5-3-2-4-6-12;/h2-8H,9-11,16H2,1H3;1H. The fourth-order valence-electron chi connectivity index (χ4n) is 2.27. The van der Waals surface area contributed by atoms with Gasteiger partial charge in [-0.2, -0.15) is 0 Å². The highest BCUT2D eigenvalue weighted by molar-refractivity contribution is 5.93. The molecule has 0 radical (unpaired) electrons. The molecule has 8 heteroatoms. The Balaban J connectivity index is 0.00000264. The molecule has 124 valence electrons. The number of nitro groups is 1. The van der Waals surface area contributed by atoms with Crippen LogP contribution in [0.5, 0.6) is 0 Å². The average Bonchev–Trinajstić information content (AvgIpc) is 2.89. The molecule has 0 saturated heterocycles. The van der Waals surface area contributed by atoms with Crippen molar-refractivity contribution in [1.29, 1.82) is 0 Å². The van der Waals surface area contributed by atoms with E-state index in [9.17, 15) is 14.9 Å². The number of nitrogens with zero attached hydrogens (tertiary/aromatic N) is 3. The van der Waals surface area contributed by atoms with Gasteiger partial charge < -0.3 is 20.7 Å². The molecular formula is C15H19ClN4O3. The third-order valence-corrected chi connectivity index (χ3v) is 3.40. The van der Waals surface area contributed by atoms with Gasteiger partial charge in [0, 0.05) is 25.7 Å². The van der Waals surface area contributed by atoms with Crippen LogP contribution >= 0.6 is 12.4 Å². The topological polar surface area (TPSA) is 94.4 Å².